The number of rotatable bonds is 8. The molecule has 3 saturated heterocycles. The lowest BCUT2D eigenvalue weighted by atomic mass is 9.58. The number of nitrogens with one attached hydrogen (secondary N) is 1. The Morgan fingerprint density at radius 3 is 2.08 bits per heavy atom. The topological polar surface area (TPSA) is 210 Å². The van der Waals surface area contributed by atoms with E-state index in [-0.39, 0.29) is 24.6 Å². The Balaban J connectivity index is 0.000000221. The van der Waals surface area contributed by atoms with Crippen molar-refractivity contribution in [3.05, 3.63) is 34.9 Å². The molecule has 7 N–H and O–H groups in total. The molecule has 17 heteroatoms. The van der Waals surface area contributed by atoms with Gasteiger partial charge in [-0.05, 0) is 84.7 Å². The molecule has 0 amide bonds. The highest BCUT2D eigenvalue weighted by Crippen LogP contribution is 2.50. The van der Waals surface area contributed by atoms with Gasteiger partial charge < -0.3 is 45.0 Å². The molecule has 0 radical (unpaired) electrons. The van der Waals surface area contributed by atoms with E-state index in [1.165, 1.54) is 36.1 Å². The average Bonchev–Trinajstić information content (AvgIpc) is 3.42. The van der Waals surface area contributed by atoms with Gasteiger partial charge in [0.25, 0.3) is 0 Å². The smallest absolute Gasteiger partial charge is 0.333 e. The maximum Gasteiger partial charge on any atom is 0.333 e. The summed E-state index contributed by atoms with van der Waals surface area (Å²) in [7, 11) is 3.69. The van der Waals surface area contributed by atoms with Crippen LogP contribution in [0.3, 0.4) is 0 Å². The number of benzene rings is 1. The van der Waals surface area contributed by atoms with Crippen LogP contribution in [0.1, 0.15) is 72.8 Å². The van der Waals surface area contributed by atoms with Gasteiger partial charge in [0.05, 0.1) is 6.61 Å². The number of aliphatic imine (C=N–C) groups is 1. The lowest BCUT2D eigenvalue weighted by molar-refractivity contribution is -0.290. The molecule has 4 aliphatic rings. The number of hydrogen-bond acceptors (Lipinski definition) is 10. The second-order valence-corrected chi connectivity index (χ2v) is 16.6. The van der Waals surface area contributed by atoms with E-state index >= 15 is 0 Å². The minimum absolute atomic E-state index is 0.0509. The molecule has 50 heavy (non-hydrogen) atoms. The molecule has 0 bridgehead atoms. The third kappa shape index (κ3) is 10.9. The van der Waals surface area contributed by atoms with Gasteiger partial charge in [-0.2, -0.15) is 13.4 Å². The van der Waals surface area contributed by atoms with Crippen molar-refractivity contribution in [2.75, 3.05) is 41.4 Å². The van der Waals surface area contributed by atoms with Gasteiger partial charge in [0, 0.05) is 30.6 Å². The first-order valence-corrected chi connectivity index (χ1v) is 18.6. The summed E-state index contributed by atoms with van der Waals surface area (Å²) in [5.74, 6) is -2.50. The van der Waals surface area contributed by atoms with Gasteiger partial charge in [0.1, 0.15) is 24.9 Å². The maximum atomic E-state index is 11.1. The molecular formula is C33H58ClN7O8S. The third-order valence-electron chi connectivity index (χ3n) is 8.98. The van der Waals surface area contributed by atoms with E-state index in [4.69, 9.17) is 61.5 Å². The van der Waals surface area contributed by atoms with Crippen LogP contribution < -0.4 is 16.6 Å². The Labute approximate surface area is 302 Å². The monoisotopic (exact) mass is 747 g/mol. The largest absolute Gasteiger partial charge is 0.370 e. The number of nitrogens with two attached hydrogens (primary N) is 3. The van der Waals surface area contributed by atoms with Gasteiger partial charge in [0.15, 0.2) is 17.5 Å². The van der Waals surface area contributed by atoms with Crippen LogP contribution in [0.2, 0.25) is 5.02 Å². The zero-order valence-corrected chi connectivity index (χ0v) is 32.6. The summed E-state index contributed by atoms with van der Waals surface area (Å²) in [6.07, 6.45) is 3.73. The molecule has 4 fully saturated rings. The maximum absolute atomic E-state index is 11.1. The SMILES string of the molecule is CC(C)CC(N(C)C)C1(c2ccc(Cl)cc2)CCC1.CC1(C)O[C@@H]2[C@@H](CO[C@@]3(COS(N)(=O)=O)OC(C)(C)O[C@@H]23)O1.CN(C)C(=N)N=C(N)N. The lowest BCUT2D eigenvalue weighted by Gasteiger charge is -2.51. The predicted molar refractivity (Wildman–Crippen MR) is 193 cm³/mol. The lowest BCUT2D eigenvalue weighted by Crippen LogP contribution is -2.60. The first-order valence-electron chi connectivity index (χ1n) is 16.7. The fourth-order valence-corrected chi connectivity index (χ4v) is 7.32. The molecule has 1 aromatic carbocycles. The highest BCUT2D eigenvalue weighted by atomic mass is 35.5. The van der Waals surface area contributed by atoms with Crippen LogP contribution >= 0.6 is 11.6 Å². The van der Waals surface area contributed by atoms with Gasteiger partial charge in [-0.1, -0.05) is 44.0 Å². The fourth-order valence-electron chi connectivity index (χ4n) is 6.87. The summed E-state index contributed by atoms with van der Waals surface area (Å²) < 4.78 is 55.9. The van der Waals surface area contributed by atoms with E-state index in [1.54, 1.807) is 41.8 Å². The summed E-state index contributed by atoms with van der Waals surface area (Å²) in [5.41, 5.74) is 11.8. The summed E-state index contributed by atoms with van der Waals surface area (Å²) in [6, 6.07) is 9.18. The van der Waals surface area contributed by atoms with Crippen LogP contribution in [-0.2, 0) is 43.6 Å². The number of nitrogens with zero attached hydrogens (tertiary/aromatic N) is 3. The van der Waals surface area contributed by atoms with Crippen molar-refractivity contribution >= 4 is 33.8 Å². The molecular weight excluding hydrogens is 690 g/mol. The van der Waals surface area contributed by atoms with Crippen molar-refractivity contribution in [3.63, 3.8) is 0 Å². The Kier molecular flexibility index (Phi) is 13.8. The average molecular weight is 748 g/mol. The molecule has 5 atom stereocenters. The molecule has 286 valence electrons. The Hall–Kier alpha value is -2.12. The molecule has 1 aliphatic carbocycles. The Bertz CT molecular complexity index is 1430. The van der Waals surface area contributed by atoms with Crippen LogP contribution in [0.5, 0.6) is 0 Å². The van der Waals surface area contributed by atoms with E-state index in [9.17, 15) is 8.42 Å². The highest BCUT2D eigenvalue weighted by molar-refractivity contribution is 7.84. The molecule has 5 rings (SSSR count). The van der Waals surface area contributed by atoms with E-state index in [0.29, 0.717) is 11.5 Å². The van der Waals surface area contributed by atoms with E-state index in [0.717, 1.165) is 10.9 Å². The van der Waals surface area contributed by atoms with Gasteiger partial charge >= 0.3 is 10.3 Å². The first-order chi connectivity index (χ1) is 22.9. The van der Waals surface area contributed by atoms with Crippen LogP contribution in [0, 0.1) is 11.3 Å². The second kappa shape index (κ2) is 16.3. The molecule has 0 spiro atoms. The van der Waals surface area contributed by atoms with Crippen molar-refractivity contribution < 1.29 is 36.3 Å². The van der Waals surface area contributed by atoms with Gasteiger partial charge in [-0.25, -0.2) is 5.14 Å². The minimum Gasteiger partial charge on any atom is -0.370 e. The molecule has 15 nitrogen and oxygen atoms in total. The van der Waals surface area contributed by atoms with Crippen LogP contribution in [-0.4, -0.2) is 113 Å². The number of fused-ring (bicyclic) bond motifs is 3. The molecule has 0 aromatic heterocycles. The number of likely N-dealkylation sites (N-methyl/N-ethyl adjacent to an activating group) is 1. The standard InChI is InChI=1S/C17H26ClN.C12H21NO8S.C4H11N5/c1-13(2)12-16(19(3)4)17(10-5-11-17)14-6-8-15(18)9-7-14;1-10(2)18-7-5-16-12(6-17-22(13,14)15)9(8(7)19-10)20-11(3,4)21-12;1-9(2)4(7)8-3(5)6/h6-9,13,16H,5,10-12H2,1-4H3;7-9H,5-6H2,1-4H3,(H2,13,14,15);1-2H3,(H5,5,6,7,8)/t;7-,8-,9+,12+;/m.1./s1. The van der Waals surface area contributed by atoms with Gasteiger partial charge in [-0.3, -0.25) is 9.59 Å². The van der Waals surface area contributed by atoms with Crippen molar-refractivity contribution in [1.82, 2.24) is 9.80 Å². The zero-order chi connectivity index (χ0) is 37.9. The quantitative estimate of drug-likeness (QED) is 0.223. The number of halogens is 1. The molecule has 1 unspecified atom stereocenters. The van der Waals surface area contributed by atoms with E-state index < -0.39 is 46.5 Å². The summed E-state index contributed by atoms with van der Waals surface area (Å²) in [5, 5.41) is 12.8. The van der Waals surface area contributed by atoms with Gasteiger partial charge in [0.2, 0.25) is 11.7 Å². The third-order valence-corrected chi connectivity index (χ3v) is 9.68. The Morgan fingerprint density at radius 1 is 1.04 bits per heavy atom. The predicted octanol–water partition coefficient (Wildman–Crippen LogP) is 3.10. The fraction of sp³-hybridized carbons (Fsp3) is 0.758. The molecule has 3 heterocycles. The number of ether oxygens (including phenoxy) is 5. The highest BCUT2D eigenvalue weighted by Gasteiger charge is 2.65. The van der Waals surface area contributed by atoms with Crippen LogP contribution in [0.25, 0.3) is 0 Å². The van der Waals surface area contributed by atoms with E-state index in [2.05, 4.69) is 50.0 Å². The first kappa shape index (κ1) is 42.3. The van der Waals surface area contributed by atoms with Crippen molar-refractivity contribution in [3.8, 4) is 0 Å². The molecule has 1 saturated carbocycles. The summed E-state index contributed by atoms with van der Waals surface area (Å²) in [6.45, 7) is 11.4. The Morgan fingerprint density at radius 2 is 1.64 bits per heavy atom. The normalized spacial score (nSPS) is 27.8. The summed E-state index contributed by atoms with van der Waals surface area (Å²) >= 11 is 6.04. The van der Waals surface area contributed by atoms with Crippen molar-refractivity contribution in [2.24, 2.45) is 27.5 Å². The molecule has 3 aliphatic heterocycles. The number of hydrogen-bond donors (Lipinski definition) is 4. The second-order valence-electron chi connectivity index (χ2n) is 14.9. The van der Waals surface area contributed by atoms with Crippen LogP contribution in [0.4, 0.5) is 0 Å². The summed E-state index contributed by atoms with van der Waals surface area (Å²) in [4.78, 5) is 7.38. The minimum atomic E-state index is -4.14. The van der Waals surface area contributed by atoms with Crippen LogP contribution in [0.15, 0.2) is 29.3 Å². The number of guanidine groups is 2. The van der Waals surface area contributed by atoms with Gasteiger partial charge in [-0.15, -0.1) is 0 Å². The molecule has 1 aromatic rings. The zero-order valence-electron chi connectivity index (χ0n) is 31.1. The van der Waals surface area contributed by atoms with Crippen molar-refractivity contribution in [2.45, 2.75) is 114 Å². The van der Waals surface area contributed by atoms with E-state index in [1.807, 2.05) is 12.1 Å². The van der Waals surface area contributed by atoms with Crippen molar-refractivity contribution in [1.29, 1.82) is 5.41 Å².